The molecule has 186 valence electrons. The molecule has 0 fully saturated rings. The number of aliphatic hydroxyl groups is 1. The van der Waals surface area contributed by atoms with Crippen molar-refractivity contribution in [2.45, 2.75) is 22.8 Å². The topological polar surface area (TPSA) is 123 Å². The van der Waals surface area contributed by atoms with Crippen LogP contribution in [-0.2, 0) is 9.73 Å². The van der Waals surface area contributed by atoms with E-state index in [0.717, 1.165) is 21.7 Å². The van der Waals surface area contributed by atoms with Crippen molar-refractivity contribution in [3.8, 4) is 11.1 Å². The van der Waals surface area contributed by atoms with Crippen molar-refractivity contribution in [3.05, 3.63) is 85.1 Å². The van der Waals surface area contributed by atoms with Gasteiger partial charge in [-0.25, -0.2) is 14.0 Å². The summed E-state index contributed by atoms with van der Waals surface area (Å²) in [6, 6.07) is 24.7. The number of nitrogens with one attached hydrogen (secondary N) is 4. The lowest BCUT2D eigenvalue weighted by molar-refractivity contribution is 0.281. The zero-order valence-corrected chi connectivity index (χ0v) is 21.6. The van der Waals surface area contributed by atoms with E-state index in [4.69, 9.17) is 4.78 Å². The molecule has 36 heavy (non-hydrogen) atoms. The van der Waals surface area contributed by atoms with E-state index < -0.39 is 9.73 Å². The van der Waals surface area contributed by atoms with Crippen LogP contribution >= 0.6 is 11.9 Å². The van der Waals surface area contributed by atoms with Crippen molar-refractivity contribution in [2.24, 2.45) is 0 Å². The molecule has 4 rings (SSSR count). The van der Waals surface area contributed by atoms with Crippen molar-refractivity contribution >= 4 is 44.8 Å². The number of anilines is 4. The summed E-state index contributed by atoms with van der Waals surface area (Å²) in [4.78, 5) is 10.7. The van der Waals surface area contributed by atoms with Gasteiger partial charge < -0.3 is 20.5 Å². The molecule has 0 spiro atoms. The zero-order chi connectivity index (χ0) is 25.5. The number of hydrogen-bond donors (Lipinski definition) is 5. The maximum Gasteiger partial charge on any atom is 0.229 e. The third-order valence-corrected chi connectivity index (χ3v) is 7.25. The molecule has 0 saturated carbocycles. The van der Waals surface area contributed by atoms with Crippen molar-refractivity contribution in [1.29, 1.82) is 4.78 Å². The molecule has 0 aliphatic heterocycles. The first-order valence-corrected chi connectivity index (χ1v) is 14.0. The predicted octanol–water partition coefficient (Wildman–Crippen LogP) is 5.83. The molecule has 4 aromatic rings. The molecule has 0 radical (unpaired) electrons. The Morgan fingerprint density at radius 1 is 1.00 bits per heavy atom. The van der Waals surface area contributed by atoms with Gasteiger partial charge in [0.2, 0.25) is 5.95 Å². The molecule has 0 saturated heterocycles. The highest BCUT2D eigenvalue weighted by molar-refractivity contribution is 8.00. The molecule has 1 heterocycles. The van der Waals surface area contributed by atoms with Gasteiger partial charge in [-0.3, -0.25) is 0 Å². The second-order valence-electron chi connectivity index (χ2n) is 8.27. The molecule has 2 atom stereocenters. The Kier molecular flexibility index (Phi) is 8.09. The highest BCUT2D eigenvalue weighted by Gasteiger charge is 2.13. The summed E-state index contributed by atoms with van der Waals surface area (Å²) in [5, 5.41) is 16.0. The Bertz CT molecular complexity index is 1400. The fourth-order valence-electron chi connectivity index (χ4n) is 3.29. The van der Waals surface area contributed by atoms with Crippen molar-refractivity contribution in [1.82, 2.24) is 9.97 Å². The van der Waals surface area contributed by atoms with Gasteiger partial charge in [-0.15, -0.1) is 0 Å². The number of nitrogens with zero attached hydrogens (tertiary/aromatic N) is 2. The van der Waals surface area contributed by atoms with Crippen LogP contribution in [0.5, 0.6) is 0 Å². The minimum atomic E-state index is -2.77. The molecule has 0 bridgehead atoms. The molecule has 1 unspecified atom stereocenters. The summed E-state index contributed by atoms with van der Waals surface area (Å²) < 4.78 is 23.0. The summed E-state index contributed by atoms with van der Waals surface area (Å²) in [5.41, 5.74) is 3.42. The van der Waals surface area contributed by atoms with Gasteiger partial charge >= 0.3 is 0 Å². The SMILES string of the molecule is C[C@H](CO)Nc1nc(Nc2ccc(S(C)(=N)=O)cc2)ncc1-c1ccc(NSc2ccccc2)cc1. The molecule has 0 amide bonds. The van der Waals surface area contributed by atoms with Crippen LogP contribution in [0.2, 0.25) is 0 Å². The number of aliphatic hydroxyl groups excluding tert-OH is 1. The minimum Gasteiger partial charge on any atom is -0.394 e. The highest BCUT2D eigenvalue weighted by atomic mass is 32.2. The predicted molar refractivity (Wildman–Crippen MR) is 148 cm³/mol. The summed E-state index contributed by atoms with van der Waals surface area (Å²) >= 11 is 1.55. The van der Waals surface area contributed by atoms with Gasteiger partial charge in [0.05, 0.1) is 16.3 Å². The van der Waals surface area contributed by atoms with Crippen LogP contribution in [0.1, 0.15) is 6.92 Å². The Morgan fingerprint density at radius 2 is 1.67 bits per heavy atom. The van der Waals surface area contributed by atoms with Crippen LogP contribution < -0.4 is 15.4 Å². The molecular formula is C26H28N6O2S2. The maximum atomic E-state index is 11.9. The Labute approximate surface area is 215 Å². The van der Waals surface area contributed by atoms with E-state index in [1.165, 1.54) is 6.26 Å². The molecule has 8 nitrogen and oxygen atoms in total. The maximum absolute atomic E-state index is 11.9. The summed E-state index contributed by atoms with van der Waals surface area (Å²) in [6.45, 7) is 1.82. The van der Waals surface area contributed by atoms with E-state index in [0.29, 0.717) is 22.3 Å². The van der Waals surface area contributed by atoms with E-state index in [2.05, 4.69) is 25.3 Å². The molecule has 0 aliphatic carbocycles. The molecule has 0 aliphatic rings. The lowest BCUT2D eigenvalue weighted by Crippen LogP contribution is -2.21. The third kappa shape index (κ3) is 6.75. The monoisotopic (exact) mass is 520 g/mol. The van der Waals surface area contributed by atoms with Gasteiger partial charge in [-0.2, -0.15) is 4.98 Å². The first-order valence-electron chi connectivity index (χ1n) is 11.3. The lowest BCUT2D eigenvalue weighted by atomic mass is 10.1. The van der Waals surface area contributed by atoms with E-state index in [1.54, 1.807) is 42.4 Å². The van der Waals surface area contributed by atoms with Gasteiger partial charge in [-0.1, -0.05) is 30.3 Å². The normalized spacial score (nSPS) is 13.4. The fourth-order valence-corrected chi connectivity index (χ4v) is 4.61. The van der Waals surface area contributed by atoms with Crippen molar-refractivity contribution < 1.29 is 9.32 Å². The van der Waals surface area contributed by atoms with E-state index in [1.807, 2.05) is 61.5 Å². The second kappa shape index (κ2) is 11.4. The smallest absolute Gasteiger partial charge is 0.229 e. The van der Waals surface area contributed by atoms with Crippen LogP contribution in [-0.4, -0.2) is 38.2 Å². The Morgan fingerprint density at radius 3 is 2.31 bits per heavy atom. The van der Waals surface area contributed by atoms with Crippen LogP contribution in [0.3, 0.4) is 0 Å². The molecular weight excluding hydrogens is 492 g/mol. The average Bonchev–Trinajstić information content (AvgIpc) is 2.88. The van der Waals surface area contributed by atoms with Gasteiger partial charge in [-0.05, 0) is 73.0 Å². The largest absolute Gasteiger partial charge is 0.394 e. The minimum absolute atomic E-state index is 0.0450. The number of aromatic nitrogens is 2. The molecule has 1 aromatic heterocycles. The summed E-state index contributed by atoms with van der Waals surface area (Å²) in [7, 11) is -2.77. The van der Waals surface area contributed by atoms with Gasteiger partial charge in [0, 0.05) is 45.2 Å². The number of rotatable bonds is 10. The van der Waals surface area contributed by atoms with Gasteiger partial charge in [0.25, 0.3) is 0 Å². The standard InChI is InChI=1S/C26H28N6O2S2/c1-18(17-33)29-25-24(19-8-10-21(11-9-19)32-35-22-6-4-3-5-7-22)16-28-26(31-25)30-20-12-14-23(15-13-20)36(2,27)34/h3-16,18,27,32-33H,17H2,1-2H3,(H2,28,29,30,31)/t18-,36?/m1/s1. The van der Waals surface area contributed by atoms with Crippen LogP contribution in [0.4, 0.5) is 23.1 Å². The second-order valence-corrected chi connectivity index (χ2v) is 11.3. The Hall–Kier alpha value is -3.60. The summed E-state index contributed by atoms with van der Waals surface area (Å²) in [5.74, 6) is 0.965. The van der Waals surface area contributed by atoms with Crippen LogP contribution in [0, 0.1) is 4.78 Å². The Balaban J connectivity index is 1.54. The molecule has 10 heteroatoms. The molecule has 3 aromatic carbocycles. The van der Waals surface area contributed by atoms with Crippen LogP contribution in [0.15, 0.2) is 94.9 Å². The van der Waals surface area contributed by atoms with Crippen molar-refractivity contribution in [2.75, 3.05) is 28.2 Å². The number of hydrogen-bond acceptors (Lipinski definition) is 9. The van der Waals surface area contributed by atoms with Gasteiger partial charge in [0.1, 0.15) is 5.82 Å². The van der Waals surface area contributed by atoms with Crippen LogP contribution in [0.25, 0.3) is 11.1 Å². The quantitative estimate of drug-likeness (QED) is 0.165. The number of benzene rings is 3. The molecule has 5 N–H and O–H groups in total. The highest BCUT2D eigenvalue weighted by Crippen LogP contribution is 2.30. The fraction of sp³-hybridized carbons (Fsp3) is 0.154. The average molecular weight is 521 g/mol. The lowest BCUT2D eigenvalue weighted by Gasteiger charge is -2.17. The van der Waals surface area contributed by atoms with Crippen molar-refractivity contribution in [3.63, 3.8) is 0 Å². The zero-order valence-electron chi connectivity index (χ0n) is 19.9. The summed E-state index contributed by atoms with van der Waals surface area (Å²) in [6.07, 6.45) is 3.13. The first kappa shape index (κ1) is 25.5. The van der Waals surface area contributed by atoms with E-state index in [-0.39, 0.29) is 12.6 Å². The van der Waals surface area contributed by atoms with E-state index >= 15 is 0 Å². The van der Waals surface area contributed by atoms with E-state index in [9.17, 15) is 9.32 Å². The third-order valence-electron chi connectivity index (χ3n) is 5.23. The first-order chi connectivity index (χ1) is 17.3. The van der Waals surface area contributed by atoms with Gasteiger partial charge in [0.15, 0.2) is 0 Å².